The molecule has 0 radical (unpaired) electrons. The summed E-state index contributed by atoms with van der Waals surface area (Å²) in [6, 6.07) is 10.8. The third-order valence-corrected chi connectivity index (χ3v) is 8.23. The SMILES string of the molecule is CCOC(=O)C1=C(C)N=c2s/c(=C\c3c(C)n(C)c4ccccc34)c(=O)n2[C@H]1c1cc(OC)c(OC)c(OC)c1. The predicted molar refractivity (Wildman–Crippen MR) is 154 cm³/mol. The van der Waals surface area contributed by atoms with Crippen LogP contribution in [0, 0.1) is 6.92 Å². The zero-order valence-electron chi connectivity index (χ0n) is 23.5. The van der Waals surface area contributed by atoms with E-state index >= 15 is 0 Å². The van der Waals surface area contributed by atoms with Gasteiger partial charge in [-0.1, -0.05) is 29.5 Å². The molecule has 0 amide bonds. The number of rotatable bonds is 7. The Balaban J connectivity index is 1.81. The number of carbonyl (C=O) groups is 1. The predicted octanol–water partition coefficient (Wildman–Crippen LogP) is 3.62. The number of allylic oxidation sites excluding steroid dienone is 1. The zero-order chi connectivity index (χ0) is 28.7. The highest BCUT2D eigenvalue weighted by Crippen LogP contribution is 2.42. The van der Waals surface area contributed by atoms with Crippen LogP contribution < -0.4 is 29.1 Å². The molecule has 10 heteroatoms. The Kier molecular flexibility index (Phi) is 7.29. The number of esters is 1. The number of carbonyl (C=O) groups excluding carboxylic acids is 1. The molecule has 3 heterocycles. The van der Waals surface area contributed by atoms with Gasteiger partial charge in [0.1, 0.15) is 0 Å². The molecule has 0 fully saturated rings. The molecule has 1 aliphatic rings. The van der Waals surface area contributed by atoms with Gasteiger partial charge in [-0.2, -0.15) is 0 Å². The van der Waals surface area contributed by atoms with Crippen molar-refractivity contribution in [3.63, 3.8) is 0 Å². The number of ether oxygens (including phenoxy) is 4. The van der Waals surface area contributed by atoms with E-state index in [2.05, 4.69) is 15.6 Å². The average Bonchev–Trinajstić information content (AvgIpc) is 3.39. The number of methoxy groups -OCH3 is 3. The van der Waals surface area contributed by atoms with E-state index in [9.17, 15) is 9.59 Å². The highest BCUT2D eigenvalue weighted by atomic mass is 32.1. The van der Waals surface area contributed by atoms with E-state index in [4.69, 9.17) is 18.9 Å². The maximum absolute atomic E-state index is 14.1. The van der Waals surface area contributed by atoms with Gasteiger partial charge in [0.05, 0.1) is 49.8 Å². The van der Waals surface area contributed by atoms with Gasteiger partial charge in [-0.15, -0.1) is 0 Å². The van der Waals surface area contributed by atoms with Crippen molar-refractivity contribution in [1.82, 2.24) is 9.13 Å². The van der Waals surface area contributed by atoms with Gasteiger partial charge < -0.3 is 23.5 Å². The Morgan fingerprint density at radius 1 is 1.07 bits per heavy atom. The third-order valence-electron chi connectivity index (χ3n) is 7.24. The highest BCUT2D eigenvalue weighted by molar-refractivity contribution is 7.07. The molecule has 2 aromatic heterocycles. The fourth-order valence-corrected chi connectivity index (χ4v) is 6.26. The second kappa shape index (κ2) is 10.7. The average molecular weight is 562 g/mol. The van der Waals surface area contributed by atoms with E-state index in [1.807, 2.05) is 38.2 Å². The first kappa shape index (κ1) is 27.3. The number of thiazole rings is 1. The summed E-state index contributed by atoms with van der Waals surface area (Å²) in [4.78, 5) is 32.6. The molecule has 0 saturated carbocycles. The number of fused-ring (bicyclic) bond motifs is 2. The lowest BCUT2D eigenvalue weighted by atomic mass is 9.95. The van der Waals surface area contributed by atoms with Crippen LogP contribution in [0.4, 0.5) is 0 Å². The molecule has 208 valence electrons. The normalized spacial score (nSPS) is 15.2. The third kappa shape index (κ3) is 4.28. The van der Waals surface area contributed by atoms with Gasteiger partial charge >= 0.3 is 5.97 Å². The van der Waals surface area contributed by atoms with E-state index in [0.717, 1.165) is 22.2 Å². The molecule has 1 atom stereocenters. The largest absolute Gasteiger partial charge is 0.493 e. The van der Waals surface area contributed by atoms with Crippen molar-refractivity contribution in [2.24, 2.45) is 12.0 Å². The van der Waals surface area contributed by atoms with Gasteiger partial charge in [-0.3, -0.25) is 9.36 Å². The van der Waals surface area contributed by atoms with Crippen molar-refractivity contribution in [2.45, 2.75) is 26.8 Å². The molecular formula is C30H31N3O6S. The van der Waals surface area contributed by atoms with Crippen molar-refractivity contribution in [3.8, 4) is 17.2 Å². The summed E-state index contributed by atoms with van der Waals surface area (Å²) in [5.41, 5.74) is 4.17. The van der Waals surface area contributed by atoms with E-state index in [1.165, 1.54) is 32.7 Å². The molecule has 2 aromatic carbocycles. The fourth-order valence-electron chi connectivity index (χ4n) is 5.23. The number of aromatic nitrogens is 2. The maximum Gasteiger partial charge on any atom is 0.338 e. The van der Waals surface area contributed by atoms with Gasteiger partial charge in [-0.25, -0.2) is 9.79 Å². The number of hydrogen-bond acceptors (Lipinski definition) is 8. The van der Waals surface area contributed by atoms with E-state index in [-0.39, 0.29) is 17.7 Å². The minimum absolute atomic E-state index is 0.183. The molecule has 0 spiro atoms. The summed E-state index contributed by atoms with van der Waals surface area (Å²) < 4.78 is 26.3. The first-order chi connectivity index (χ1) is 19.2. The molecule has 9 nitrogen and oxygen atoms in total. The summed E-state index contributed by atoms with van der Waals surface area (Å²) in [6.45, 7) is 5.71. The van der Waals surface area contributed by atoms with Crippen molar-refractivity contribution in [2.75, 3.05) is 27.9 Å². The van der Waals surface area contributed by atoms with Crippen molar-refractivity contribution < 1.29 is 23.7 Å². The molecule has 0 saturated heterocycles. The number of benzene rings is 2. The Labute approximate surface area is 235 Å². The second-order valence-electron chi connectivity index (χ2n) is 9.34. The van der Waals surface area contributed by atoms with Crippen LogP contribution in [0.3, 0.4) is 0 Å². The van der Waals surface area contributed by atoms with Crippen LogP contribution in [0.1, 0.15) is 36.7 Å². The van der Waals surface area contributed by atoms with Crippen LogP contribution in [-0.2, 0) is 16.6 Å². The lowest BCUT2D eigenvalue weighted by Gasteiger charge is -2.26. The van der Waals surface area contributed by atoms with Crippen molar-refractivity contribution in [3.05, 3.63) is 84.2 Å². The fraction of sp³-hybridized carbons (Fsp3) is 0.300. The van der Waals surface area contributed by atoms with Gasteiger partial charge in [0.25, 0.3) is 5.56 Å². The summed E-state index contributed by atoms with van der Waals surface area (Å²) in [7, 11) is 6.57. The quantitative estimate of drug-likeness (QED) is 0.320. The van der Waals surface area contributed by atoms with Crippen LogP contribution in [0.5, 0.6) is 17.2 Å². The minimum atomic E-state index is -0.820. The summed E-state index contributed by atoms with van der Waals surface area (Å²) >= 11 is 1.29. The van der Waals surface area contributed by atoms with E-state index < -0.39 is 12.0 Å². The maximum atomic E-state index is 14.1. The lowest BCUT2D eigenvalue weighted by molar-refractivity contribution is -0.139. The molecule has 1 aliphatic heterocycles. The number of para-hydroxylation sites is 1. The van der Waals surface area contributed by atoms with Crippen molar-refractivity contribution in [1.29, 1.82) is 0 Å². The van der Waals surface area contributed by atoms with Crippen LogP contribution in [0.2, 0.25) is 0 Å². The van der Waals surface area contributed by atoms with Crippen LogP contribution in [0.25, 0.3) is 17.0 Å². The van der Waals surface area contributed by atoms with Gasteiger partial charge in [-0.05, 0) is 50.6 Å². The monoisotopic (exact) mass is 561 g/mol. The first-order valence-corrected chi connectivity index (χ1v) is 13.6. The lowest BCUT2D eigenvalue weighted by Crippen LogP contribution is -2.40. The number of aryl methyl sites for hydroxylation is 1. The summed E-state index contributed by atoms with van der Waals surface area (Å²) in [5, 5.41) is 1.05. The zero-order valence-corrected chi connectivity index (χ0v) is 24.3. The molecule has 4 aromatic rings. The minimum Gasteiger partial charge on any atom is -0.493 e. The summed E-state index contributed by atoms with van der Waals surface area (Å²) in [6.07, 6.45) is 1.91. The molecule has 0 bridgehead atoms. The Bertz CT molecular complexity index is 1840. The van der Waals surface area contributed by atoms with Crippen LogP contribution in [0.15, 0.2) is 57.5 Å². The second-order valence-corrected chi connectivity index (χ2v) is 10.3. The van der Waals surface area contributed by atoms with Gasteiger partial charge in [0.15, 0.2) is 16.3 Å². The molecule has 0 aliphatic carbocycles. The standard InChI is InChI=1S/C30H31N3O6S/c1-8-39-29(35)25-16(2)31-30-33(26(25)18-13-22(36-5)27(38-7)23(14-18)37-6)28(34)24(40-30)15-20-17(3)32(4)21-12-10-9-11-19(20)21/h9-15,26H,8H2,1-7H3/b24-15-/t26-/m0/s1. The van der Waals surface area contributed by atoms with Crippen LogP contribution >= 0.6 is 11.3 Å². The summed E-state index contributed by atoms with van der Waals surface area (Å²) in [5.74, 6) is 0.680. The Morgan fingerprint density at radius 2 is 1.75 bits per heavy atom. The molecule has 5 rings (SSSR count). The van der Waals surface area contributed by atoms with E-state index in [1.54, 1.807) is 30.5 Å². The van der Waals surface area contributed by atoms with Gasteiger partial charge in [0.2, 0.25) is 5.75 Å². The molecule has 0 unspecified atom stereocenters. The molecular weight excluding hydrogens is 530 g/mol. The Morgan fingerprint density at radius 3 is 2.38 bits per heavy atom. The topological polar surface area (TPSA) is 93.3 Å². The van der Waals surface area contributed by atoms with Gasteiger partial charge in [0, 0.05) is 29.2 Å². The van der Waals surface area contributed by atoms with E-state index in [0.29, 0.717) is 37.8 Å². The molecule has 0 N–H and O–H groups in total. The number of hydrogen-bond donors (Lipinski definition) is 0. The first-order valence-electron chi connectivity index (χ1n) is 12.8. The smallest absolute Gasteiger partial charge is 0.338 e. The highest BCUT2D eigenvalue weighted by Gasteiger charge is 2.34. The van der Waals surface area contributed by atoms with Crippen LogP contribution in [-0.4, -0.2) is 43.0 Å². The number of nitrogens with zero attached hydrogens (tertiary/aromatic N) is 3. The molecule has 40 heavy (non-hydrogen) atoms. The van der Waals surface area contributed by atoms with Crippen molar-refractivity contribution >= 4 is 34.3 Å². The Hall–Kier alpha value is -4.31.